The van der Waals surface area contributed by atoms with Crippen LogP contribution in [0, 0.1) is 0 Å². The molecule has 0 heterocycles. The molecule has 2 N–H and O–H groups in total. The summed E-state index contributed by atoms with van der Waals surface area (Å²) in [6, 6.07) is 16.5. The van der Waals surface area contributed by atoms with Crippen LogP contribution in [-0.2, 0) is 5.75 Å². The van der Waals surface area contributed by atoms with Gasteiger partial charge in [0.15, 0.2) is 0 Å². The van der Waals surface area contributed by atoms with Crippen LogP contribution >= 0.6 is 27.7 Å². The Morgan fingerprint density at radius 2 is 1.81 bits per heavy atom. The molecule has 0 amide bonds. The van der Waals surface area contributed by atoms with E-state index >= 15 is 0 Å². The molecule has 82 valence electrons. The maximum atomic E-state index is 5.83. The lowest BCUT2D eigenvalue weighted by Gasteiger charge is -2.04. The summed E-state index contributed by atoms with van der Waals surface area (Å²) >= 11 is 5.21. The van der Waals surface area contributed by atoms with Gasteiger partial charge in [0.25, 0.3) is 0 Å². The fourth-order valence-corrected chi connectivity index (χ4v) is 2.48. The van der Waals surface area contributed by atoms with E-state index in [1.807, 2.05) is 30.0 Å². The van der Waals surface area contributed by atoms with Gasteiger partial charge in [-0.15, -0.1) is 11.8 Å². The quantitative estimate of drug-likeness (QED) is 0.674. The van der Waals surface area contributed by atoms with Crippen LogP contribution in [0.2, 0.25) is 0 Å². The average Bonchev–Trinajstić information content (AvgIpc) is 2.32. The van der Waals surface area contributed by atoms with E-state index in [-0.39, 0.29) is 0 Å². The molecular formula is C13H12BrNS. The van der Waals surface area contributed by atoms with E-state index in [0.29, 0.717) is 0 Å². The second-order valence-corrected chi connectivity index (χ2v) is 5.36. The Bertz CT molecular complexity index is 471. The minimum atomic E-state index is 0.797. The molecule has 1 nitrogen and oxygen atoms in total. The van der Waals surface area contributed by atoms with E-state index in [9.17, 15) is 0 Å². The molecule has 3 heteroatoms. The highest BCUT2D eigenvalue weighted by molar-refractivity contribution is 9.10. The lowest BCUT2D eigenvalue weighted by molar-refractivity contribution is 1.38. The highest BCUT2D eigenvalue weighted by Crippen LogP contribution is 2.26. The summed E-state index contributed by atoms with van der Waals surface area (Å²) in [6.07, 6.45) is 0. The summed E-state index contributed by atoms with van der Waals surface area (Å²) in [6.45, 7) is 0. The summed E-state index contributed by atoms with van der Waals surface area (Å²) in [7, 11) is 0. The predicted molar refractivity (Wildman–Crippen MR) is 74.6 cm³/mol. The SMILES string of the molecule is Nc1cc(CSc2ccccc2)ccc1Br. The van der Waals surface area contributed by atoms with Crippen molar-refractivity contribution in [3.63, 3.8) is 0 Å². The van der Waals surface area contributed by atoms with Crippen molar-refractivity contribution in [2.45, 2.75) is 10.6 Å². The number of hydrogen-bond acceptors (Lipinski definition) is 2. The van der Waals surface area contributed by atoms with Gasteiger partial charge in [-0.25, -0.2) is 0 Å². The molecule has 0 aliphatic carbocycles. The van der Waals surface area contributed by atoms with Crippen LogP contribution in [0.25, 0.3) is 0 Å². The third-order valence-corrected chi connectivity index (χ3v) is 4.01. The van der Waals surface area contributed by atoms with E-state index in [1.165, 1.54) is 10.5 Å². The second kappa shape index (κ2) is 5.41. The maximum Gasteiger partial charge on any atom is 0.0461 e. The molecule has 0 aliphatic rings. The minimum absolute atomic E-state index is 0.797. The monoisotopic (exact) mass is 293 g/mol. The first-order chi connectivity index (χ1) is 7.75. The first-order valence-corrected chi connectivity index (χ1v) is 6.75. The van der Waals surface area contributed by atoms with E-state index in [1.54, 1.807) is 0 Å². The summed E-state index contributed by atoms with van der Waals surface area (Å²) in [5.41, 5.74) is 7.88. The van der Waals surface area contributed by atoms with Gasteiger partial charge in [0.1, 0.15) is 0 Å². The number of rotatable bonds is 3. The first-order valence-electron chi connectivity index (χ1n) is 4.97. The van der Waals surface area contributed by atoms with E-state index in [4.69, 9.17) is 5.73 Å². The summed E-state index contributed by atoms with van der Waals surface area (Å²) in [5, 5.41) is 0. The maximum absolute atomic E-state index is 5.83. The number of halogens is 1. The Kier molecular flexibility index (Phi) is 3.91. The third-order valence-electron chi connectivity index (χ3n) is 2.21. The smallest absolute Gasteiger partial charge is 0.0461 e. The fourth-order valence-electron chi connectivity index (χ4n) is 1.37. The molecule has 0 radical (unpaired) electrons. The van der Waals surface area contributed by atoms with Crippen molar-refractivity contribution in [3.05, 3.63) is 58.6 Å². The highest BCUT2D eigenvalue weighted by atomic mass is 79.9. The Hall–Kier alpha value is -0.930. The van der Waals surface area contributed by atoms with Gasteiger partial charge in [-0.3, -0.25) is 0 Å². The summed E-state index contributed by atoms with van der Waals surface area (Å²) in [5.74, 6) is 0.946. The van der Waals surface area contributed by atoms with Crippen LogP contribution in [0.15, 0.2) is 57.9 Å². The molecule has 0 atom stereocenters. The van der Waals surface area contributed by atoms with Crippen molar-refractivity contribution < 1.29 is 0 Å². The lowest BCUT2D eigenvalue weighted by Crippen LogP contribution is -1.89. The molecular weight excluding hydrogens is 282 g/mol. The van der Waals surface area contributed by atoms with Gasteiger partial charge in [0.05, 0.1) is 0 Å². The zero-order valence-electron chi connectivity index (χ0n) is 8.69. The molecule has 0 saturated carbocycles. The van der Waals surface area contributed by atoms with Crippen molar-refractivity contribution in [2.24, 2.45) is 0 Å². The average molecular weight is 294 g/mol. The normalized spacial score (nSPS) is 10.3. The zero-order valence-corrected chi connectivity index (χ0v) is 11.1. The molecule has 0 bridgehead atoms. The largest absolute Gasteiger partial charge is 0.398 e. The highest BCUT2D eigenvalue weighted by Gasteiger charge is 1.99. The van der Waals surface area contributed by atoms with Crippen molar-refractivity contribution in [3.8, 4) is 0 Å². The standard InChI is InChI=1S/C13H12BrNS/c14-12-7-6-10(8-13(12)15)9-16-11-4-2-1-3-5-11/h1-8H,9,15H2. The van der Waals surface area contributed by atoms with Crippen LogP contribution in [0.4, 0.5) is 5.69 Å². The molecule has 0 fully saturated rings. The molecule has 2 rings (SSSR count). The number of nitrogens with two attached hydrogens (primary N) is 1. The zero-order chi connectivity index (χ0) is 11.4. The topological polar surface area (TPSA) is 26.0 Å². The number of anilines is 1. The Morgan fingerprint density at radius 1 is 1.06 bits per heavy atom. The van der Waals surface area contributed by atoms with Gasteiger partial charge < -0.3 is 5.73 Å². The van der Waals surface area contributed by atoms with Gasteiger partial charge in [-0.2, -0.15) is 0 Å². The van der Waals surface area contributed by atoms with E-state index < -0.39 is 0 Å². The Balaban J connectivity index is 2.03. The van der Waals surface area contributed by atoms with Crippen LogP contribution in [0.3, 0.4) is 0 Å². The summed E-state index contributed by atoms with van der Waals surface area (Å²) < 4.78 is 0.959. The molecule has 0 spiro atoms. The molecule has 0 aliphatic heterocycles. The molecule has 0 saturated heterocycles. The molecule has 0 unspecified atom stereocenters. The van der Waals surface area contributed by atoms with Gasteiger partial charge >= 0.3 is 0 Å². The van der Waals surface area contributed by atoms with E-state index in [2.05, 4.69) is 46.3 Å². The Morgan fingerprint density at radius 3 is 2.50 bits per heavy atom. The van der Waals surface area contributed by atoms with Crippen molar-refractivity contribution in [1.82, 2.24) is 0 Å². The van der Waals surface area contributed by atoms with E-state index in [0.717, 1.165) is 15.9 Å². The number of thioether (sulfide) groups is 1. The van der Waals surface area contributed by atoms with Crippen molar-refractivity contribution in [1.29, 1.82) is 0 Å². The van der Waals surface area contributed by atoms with Gasteiger partial charge in [0, 0.05) is 20.8 Å². The third kappa shape index (κ3) is 3.03. The van der Waals surface area contributed by atoms with Crippen molar-refractivity contribution >= 4 is 33.4 Å². The predicted octanol–water partition coefficient (Wildman–Crippen LogP) is 4.32. The van der Waals surface area contributed by atoms with Gasteiger partial charge in [-0.05, 0) is 45.8 Å². The van der Waals surface area contributed by atoms with Crippen LogP contribution < -0.4 is 5.73 Å². The van der Waals surface area contributed by atoms with Crippen LogP contribution in [0.1, 0.15) is 5.56 Å². The van der Waals surface area contributed by atoms with Crippen LogP contribution in [0.5, 0.6) is 0 Å². The van der Waals surface area contributed by atoms with Crippen molar-refractivity contribution in [2.75, 3.05) is 5.73 Å². The molecule has 2 aromatic rings. The molecule has 2 aromatic carbocycles. The minimum Gasteiger partial charge on any atom is -0.398 e. The van der Waals surface area contributed by atoms with Crippen LogP contribution in [-0.4, -0.2) is 0 Å². The molecule has 0 aromatic heterocycles. The van der Waals surface area contributed by atoms with Gasteiger partial charge in [0.2, 0.25) is 0 Å². The second-order valence-electron chi connectivity index (χ2n) is 3.46. The fraction of sp³-hybridized carbons (Fsp3) is 0.0769. The Labute approximate surface area is 108 Å². The lowest BCUT2D eigenvalue weighted by atomic mass is 10.2. The molecule has 16 heavy (non-hydrogen) atoms. The number of hydrogen-bond donors (Lipinski definition) is 1. The summed E-state index contributed by atoms with van der Waals surface area (Å²) in [4.78, 5) is 1.28. The number of benzene rings is 2. The van der Waals surface area contributed by atoms with Gasteiger partial charge in [-0.1, -0.05) is 24.3 Å². The first kappa shape index (κ1) is 11.6. The number of nitrogen functional groups attached to an aromatic ring is 1.